The lowest BCUT2D eigenvalue weighted by atomic mass is 10.1. The van der Waals surface area contributed by atoms with Crippen molar-refractivity contribution in [2.75, 3.05) is 26.7 Å². The number of aliphatic hydroxyl groups is 1. The normalized spacial score (nSPS) is 12.4. The first-order valence-electron chi connectivity index (χ1n) is 6.86. The van der Waals surface area contributed by atoms with Crippen LogP contribution in [0.25, 0.3) is 0 Å². The first-order valence-corrected chi connectivity index (χ1v) is 6.86. The van der Waals surface area contributed by atoms with Gasteiger partial charge in [0, 0.05) is 19.6 Å². The summed E-state index contributed by atoms with van der Waals surface area (Å²) in [5.41, 5.74) is 7.45. The summed E-state index contributed by atoms with van der Waals surface area (Å²) >= 11 is 0. The van der Waals surface area contributed by atoms with Gasteiger partial charge in [-0.25, -0.2) is 0 Å². The molecule has 5 nitrogen and oxygen atoms in total. The van der Waals surface area contributed by atoms with Gasteiger partial charge in [-0.2, -0.15) is 0 Å². The number of carbonyl (C=O) groups excluding carboxylic acids is 1. The molecule has 0 amide bonds. The van der Waals surface area contributed by atoms with Crippen LogP contribution in [0.2, 0.25) is 0 Å². The summed E-state index contributed by atoms with van der Waals surface area (Å²) in [5.74, 6) is -0.231. The molecule has 1 aromatic rings. The van der Waals surface area contributed by atoms with Crippen LogP contribution < -0.4 is 5.73 Å². The van der Waals surface area contributed by atoms with Crippen LogP contribution >= 0.6 is 0 Å². The van der Waals surface area contributed by atoms with Gasteiger partial charge in [-0.3, -0.25) is 4.79 Å². The van der Waals surface area contributed by atoms with E-state index >= 15 is 0 Å². The number of hydrogen-bond acceptors (Lipinski definition) is 5. The highest BCUT2D eigenvalue weighted by molar-refractivity contribution is 5.69. The molecule has 0 spiro atoms. The van der Waals surface area contributed by atoms with Crippen molar-refractivity contribution in [2.45, 2.75) is 26.0 Å². The van der Waals surface area contributed by atoms with Crippen LogP contribution in [0.4, 0.5) is 0 Å². The zero-order valence-electron chi connectivity index (χ0n) is 12.2. The standard InChI is InChI=1S/C15H24N2O3/c1-3-17(9-8-15(19)20-2)11-14(18)13-6-4-12(10-16)5-7-13/h4-7,14,18H,3,8-11,16H2,1-2H3. The molecule has 5 heteroatoms. The number of esters is 1. The predicted molar refractivity (Wildman–Crippen MR) is 78.0 cm³/mol. The maximum atomic E-state index is 11.1. The molecule has 0 heterocycles. The number of likely N-dealkylation sites (N-methyl/N-ethyl adjacent to an activating group) is 1. The highest BCUT2D eigenvalue weighted by Gasteiger charge is 2.13. The second-order valence-corrected chi connectivity index (χ2v) is 4.68. The van der Waals surface area contributed by atoms with E-state index in [9.17, 15) is 9.90 Å². The Bertz CT molecular complexity index is 406. The minimum atomic E-state index is -0.570. The van der Waals surface area contributed by atoms with Crippen molar-refractivity contribution in [1.82, 2.24) is 4.90 Å². The number of hydrogen-bond donors (Lipinski definition) is 2. The average Bonchev–Trinajstić information content (AvgIpc) is 2.50. The van der Waals surface area contributed by atoms with Crippen LogP contribution in [0.1, 0.15) is 30.6 Å². The van der Waals surface area contributed by atoms with Crippen molar-refractivity contribution in [3.05, 3.63) is 35.4 Å². The molecule has 0 fully saturated rings. The summed E-state index contributed by atoms with van der Waals surface area (Å²) in [5, 5.41) is 10.2. The van der Waals surface area contributed by atoms with Gasteiger partial charge in [0.15, 0.2) is 0 Å². The summed E-state index contributed by atoms with van der Waals surface area (Å²) in [6.45, 7) is 4.35. The maximum absolute atomic E-state index is 11.1. The number of rotatable bonds is 8. The van der Waals surface area contributed by atoms with Crippen LogP contribution in [0, 0.1) is 0 Å². The van der Waals surface area contributed by atoms with E-state index in [4.69, 9.17) is 5.73 Å². The fraction of sp³-hybridized carbons (Fsp3) is 0.533. The minimum absolute atomic E-state index is 0.231. The van der Waals surface area contributed by atoms with Crippen LogP contribution in [-0.2, 0) is 16.1 Å². The average molecular weight is 280 g/mol. The number of aliphatic hydroxyl groups excluding tert-OH is 1. The first kappa shape index (κ1) is 16.6. The van der Waals surface area contributed by atoms with E-state index in [1.54, 1.807) is 0 Å². The summed E-state index contributed by atoms with van der Waals surface area (Å²) in [7, 11) is 1.38. The number of carbonyl (C=O) groups is 1. The smallest absolute Gasteiger partial charge is 0.306 e. The third-order valence-electron chi connectivity index (χ3n) is 3.34. The molecule has 0 saturated carbocycles. The molecule has 1 aromatic carbocycles. The van der Waals surface area contributed by atoms with E-state index < -0.39 is 6.10 Å². The molecular weight excluding hydrogens is 256 g/mol. The lowest BCUT2D eigenvalue weighted by molar-refractivity contribution is -0.141. The Morgan fingerprint density at radius 1 is 1.40 bits per heavy atom. The quantitative estimate of drug-likeness (QED) is 0.697. The monoisotopic (exact) mass is 280 g/mol. The van der Waals surface area contributed by atoms with Crippen molar-refractivity contribution in [3.63, 3.8) is 0 Å². The van der Waals surface area contributed by atoms with Crippen LogP contribution in [0.5, 0.6) is 0 Å². The minimum Gasteiger partial charge on any atom is -0.469 e. The Labute approximate surface area is 120 Å². The third-order valence-corrected chi connectivity index (χ3v) is 3.34. The first-order chi connectivity index (χ1) is 9.60. The van der Waals surface area contributed by atoms with Gasteiger partial charge in [0.25, 0.3) is 0 Å². The summed E-state index contributed by atoms with van der Waals surface area (Å²) in [6, 6.07) is 7.62. The predicted octanol–water partition coefficient (Wildman–Crippen LogP) is 1.06. The Morgan fingerprint density at radius 2 is 2.05 bits per heavy atom. The lowest BCUT2D eigenvalue weighted by Gasteiger charge is -2.23. The van der Waals surface area contributed by atoms with Crippen molar-refractivity contribution in [3.8, 4) is 0 Å². The lowest BCUT2D eigenvalue weighted by Crippen LogP contribution is -2.31. The molecule has 0 radical (unpaired) electrons. The molecule has 0 bridgehead atoms. The molecule has 3 N–H and O–H groups in total. The van der Waals surface area contributed by atoms with Crippen LogP contribution in [-0.4, -0.2) is 42.7 Å². The third kappa shape index (κ3) is 5.28. The zero-order chi connectivity index (χ0) is 15.0. The molecule has 112 valence electrons. The molecule has 0 aliphatic rings. The summed E-state index contributed by atoms with van der Waals surface area (Å²) < 4.78 is 4.62. The summed E-state index contributed by atoms with van der Waals surface area (Å²) in [4.78, 5) is 13.2. The highest BCUT2D eigenvalue weighted by Crippen LogP contribution is 2.15. The van der Waals surface area contributed by atoms with Gasteiger partial charge in [0.05, 0.1) is 19.6 Å². The van der Waals surface area contributed by atoms with Crippen LogP contribution in [0.3, 0.4) is 0 Å². The van der Waals surface area contributed by atoms with Crippen LogP contribution in [0.15, 0.2) is 24.3 Å². The van der Waals surface area contributed by atoms with Gasteiger partial charge in [-0.1, -0.05) is 31.2 Å². The number of ether oxygens (including phenoxy) is 1. The number of nitrogens with zero attached hydrogens (tertiary/aromatic N) is 1. The fourth-order valence-corrected chi connectivity index (χ4v) is 1.96. The molecule has 0 aliphatic heterocycles. The molecule has 1 rings (SSSR count). The SMILES string of the molecule is CCN(CCC(=O)OC)CC(O)c1ccc(CN)cc1. The van der Waals surface area contributed by atoms with Gasteiger partial charge in [0.1, 0.15) is 0 Å². The Balaban J connectivity index is 2.52. The Kier molecular flexibility index (Phi) is 7.22. The Hall–Kier alpha value is -1.43. The zero-order valence-corrected chi connectivity index (χ0v) is 12.2. The van der Waals surface area contributed by atoms with E-state index in [1.807, 2.05) is 36.1 Å². The molecular formula is C15H24N2O3. The number of benzene rings is 1. The molecule has 20 heavy (non-hydrogen) atoms. The van der Waals surface area contributed by atoms with E-state index in [-0.39, 0.29) is 5.97 Å². The van der Waals surface area contributed by atoms with Crippen molar-refractivity contribution >= 4 is 5.97 Å². The Morgan fingerprint density at radius 3 is 2.55 bits per heavy atom. The van der Waals surface area contributed by atoms with Crippen molar-refractivity contribution in [2.24, 2.45) is 5.73 Å². The van der Waals surface area contributed by atoms with Gasteiger partial charge < -0.3 is 20.5 Å². The van der Waals surface area contributed by atoms with E-state index in [2.05, 4.69) is 4.74 Å². The van der Waals surface area contributed by atoms with Gasteiger partial charge >= 0.3 is 5.97 Å². The van der Waals surface area contributed by atoms with E-state index in [0.717, 1.165) is 17.7 Å². The van der Waals surface area contributed by atoms with E-state index in [0.29, 0.717) is 26.1 Å². The van der Waals surface area contributed by atoms with Gasteiger partial charge in [0.2, 0.25) is 0 Å². The fourth-order valence-electron chi connectivity index (χ4n) is 1.96. The molecule has 1 atom stereocenters. The molecule has 1 unspecified atom stereocenters. The maximum Gasteiger partial charge on any atom is 0.306 e. The van der Waals surface area contributed by atoms with Gasteiger partial charge in [-0.15, -0.1) is 0 Å². The van der Waals surface area contributed by atoms with Crippen molar-refractivity contribution in [1.29, 1.82) is 0 Å². The molecule has 0 aromatic heterocycles. The highest BCUT2D eigenvalue weighted by atomic mass is 16.5. The largest absolute Gasteiger partial charge is 0.469 e. The molecule has 0 saturated heterocycles. The molecule has 0 aliphatic carbocycles. The summed E-state index contributed by atoms with van der Waals surface area (Å²) in [6.07, 6.45) is -0.234. The number of methoxy groups -OCH3 is 1. The van der Waals surface area contributed by atoms with Gasteiger partial charge in [-0.05, 0) is 17.7 Å². The second-order valence-electron chi connectivity index (χ2n) is 4.68. The van der Waals surface area contributed by atoms with Crippen molar-refractivity contribution < 1.29 is 14.6 Å². The second kappa shape index (κ2) is 8.68. The number of nitrogens with two attached hydrogens (primary N) is 1. The topological polar surface area (TPSA) is 75.8 Å². The van der Waals surface area contributed by atoms with E-state index in [1.165, 1.54) is 7.11 Å².